The van der Waals surface area contributed by atoms with Crippen LogP contribution < -0.4 is 5.32 Å². The molecule has 18 heavy (non-hydrogen) atoms. The van der Waals surface area contributed by atoms with Gasteiger partial charge in [0.1, 0.15) is 0 Å². The summed E-state index contributed by atoms with van der Waals surface area (Å²) in [7, 11) is 0. The molecule has 1 N–H and O–H groups in total. The van der Waals surface area contributed by atoms with Crippen LogP contribution >= 0.6 is 22.6 Å². The van der Waals surface area contributed by atoms with E-state index in [9.17, 15) is 10.1 Å². The van der Waals surface area contributed by atoms with Gasteiger partial charge in [0.2, 0.25) is 0 Å². The molecule has 0 amide bonds. The average Bonchev–Trinajstić information content (AvgIpc) is 2.38. The van der Waals surface area contributed by atoms with Gasteiger partial charge in [-0.2, -0.15) is 0 Å². The van der Waals surface area contributed by atoms with Crippen molar-refractivity contribution in [1.82, 2.24) is 0 Å². The molecule has 0 aromatic heterocycles. The summed E-state index contributed by atoms with van der Waals surface area (Å²) in [5, 5.41) is 14.1. The number of anilines is 1. The van der Waals surface area contributed by atoms with Crippen LogP contribution in [0.15, 0.2) is 48.5 Å². The molecule has 0 heterocycles. The second-order valence-electron chi connectivity index (χ2n) is 3.72. The van der Waals surface area contributed by atoms with Crippen molar-refractivity contribution >= 4 is 34.0 Å². The lowest BCUT2D eigenvalue weighted by Crippen LogP contribution is -2.03. The quantitative estimate of drug-likeness (QED) is 0.516. The Hall–Kier alpha value is -1.63. The number of hydrogen-bond donors (Lipinski definition) is 1. The molecule has 2 rings (SSSR count). The standard InChI is InChI=1S/C13H11IN2O2/c14-11-6-2-3-7-12(11)15-9-10-5-1-4-8-13(10)16(17)18/h1-8,15H,9H2. The highest BCUT2D eigenvalue weighted by atomic mass is 127. The smallest absolute Gasteiger partial charge is 0.274 e. The molecule has 0 radical (unpaired) electrons. The summed E-state index contributed by atoms with van der Waals surface area (Å²) in [4.78, 5) is 10.5. The van der Waals surface area contributed by atoms with Gasteiger partial charge < -0.3 is 5.32 Å². The topological polar surface area (TPSA) is 55.2 Å². The highest BCUT2D eigenvalue weighted by Crippen LogP contribution is 2.21. The summed E-state index contributed by atoms with van der Waals surface area (Å²) in [5.41, 5.74) is 1.81. The SMILES string of the molecule is O=[N+]([O-])c1ccccc1CNc1ccccc1I. The molecule has 0 aliphatic carbocycles. The molecule has 0 aliphatic rings. The summed E-state index contributed by atoms with van der Waals surface area (Å²) >= 11 is 2.23. The van der Waals surface area contributed by atoms with Crippen LogP contribution in [0.25, 0.3) is 0 Å². The van der Waals surface area contributed by atoms with Crippen molar-refractivity contribution in [3.8, 4) is 0 Å². The number of hydrogen-bond acceptors (Lipinski definition) is 3. The number of nitro benzene ring substituents is 1. The number of halogens is 1. The van der Waals surface area contributed by atoms with Crippen molar-refractivity contribution in [2.75, 3.05) is 5.32 Å². The van der Waals surface area contributed by atoms with E-state index < -0.39 is 0 Å². The maximum Gasteiger partial charge on any atom is 0.274 e. The van der Waals surface area contributed by atoms with Crippen molar-refractivity contribution < 1.29 is 4.92 Å². The molecule has 0 unspecified atom stereocenters. The molecule has 0 bridgehead atoms. The second-order valence-corrected chi connectivity index (χ2v) is 4.88. The Bertz CT molecular complexity index is 572. The molecule has 2 aromatic rings. The van der Waals surface area contributed by atoms with E-state index in [0.717, 1.165) is 9.26 Å². The van der Waals surface area contributed by atoms with E-state index in [-0.39, 0.29) is 10.6 Å². The molecular weight excluding hydrogens is 343 g/mol. The van der Waals surface area contributed by atoms with Crippen LogP contribution in [-0.4, -0.2) is 4.92 Å². The molecule has 0 spiro atoms. The van der Waals surface area contributed by atoms with Crippen molar-refractivity contribution in [2.45, 2.75) is 6.54 Å². The Balaban J connectivity index is 2.16. The first kappa shape index (κ1) is 12.8. The Morgan fingerprint density at radius 1 is 1.11 bits per heavy atom. The summed E-state index contributed by atoms with van der Waals surface area (Å²) in [6.07, 6.45) is 0. The van der Waals surface area contributed by atoms with Crippen LogP contribution in [0.1, 0.15) is 5.56 Å². The van der Waals surface area contributed by atoms with E-state index in [2.05, 4.69) is 27.9 Å². The van der Waals surface area contributed by atoms with Gasteiger partial charge in [-0.3, -0.25) is 10.1 Å². The number of nitrogens with zero attached hydrogens (tertiary/aromatic N) is 1. The van der Waals surface area contributed by atoms with E-state index in [1.807, 2.05) is 24.3 Å². The van der Waals surface area contributed by atoms with Gasteiger partial charge in [0.15, 0.2) is 0 Å². The third kappa shape index (κ3) is 2.98. The van der Waals surface area contributed by atoms with Crippen molar-refractivity contribution in [2.24, 2.45) is 0 Å². The van der Waals surface area contributed by atoms with Gasteiger partial charge in [-0.1, -0.05) is 30.3 Å². The first-order valence-corrected chi connectivity index (χ1v) is 6.47. The molecular formula is C13H11IN2O2. The highest BCUT2D eigenvalue weighted by Gasteiger charge is 2.11. The summed E-state index contributed by atoms with van der Waals surface area (Å²) in [6, 6.07) is 14.6. The molecule has 0 fully saturated rings. The van der Waals surface area contributed by atoms with Crippen LogP contribution in [0.5, 0.6) is 0 Å². The molecule has 92 valence electrons. The molecule has 0 aliphatic heterocycles. The fourth-order valence-electron chi connectivity index (χ4n) is 1.63. The average molecular weight is 354 g/mol. The zero-order chi connectivity index (χ0) is 13.0. The number of nitrogens with one attached hydrogen (secondary N) is 1. The van der Waals surface area contributed by atoms with E-state index in [1.165, 1.54) is 6.07 Å². The Morgan fingerprint density at radius 2 is 1.78 bits per heavy atom. The van der Waals surface area contributed by atoms with Crippen molar-refractivity contribution in [3.05, 3.63) is 67.8 Å². The summed E-state index contributed by atoms with van der Waals surface area (Å²) < 4.78 is 1.09. The van der Waals surface area contributed by atoms with E-state index >= 15 is 0 Å². The third-order valence-electron chi connectivity index (χ3n) is 2.53. The van der Waals surface area contributed by atoms with Crippen molar-refractivity contribution in [1.29, 1.82) is 0 Å². The van der Waals surface area contributed by atoms with Crippen LogP contribution in [-0.2, 0) is 6.54 Å². The first-order chi connectivity index (χ1) is 8.68. The van der Waals surface area contributed by atoms with Gasteiger partial charge in [-0.05, 0) is 34.7 Å². The largest absolute Gasteiger partial charge is 0.380 e. The van der Waals surface area contributed by atoms with Gasteiger partial charge in [0.25, 0.3) is 5.69 Å². The maximum atomic E-state index is 10.9. The van der Waals surface area contributed by atoms with E-state index in [1.54, 1.807) is 18.2 Å². The van der Waals surface area contributed by atoms with Gasteiger partial charge in [0, 0.05) is 27.4 Å². The normalized spacial score (nSPS) is 10.1. The predicted octanol–water partition coefficient (Wildman–Crippen LogP) is 3.81. The minimum absolute atomic E-state index is 0.149. The van der Waals surface area contributed by atoms with E-state index in [0.29, 0.717) is 12.1 Å². The molecule has 4 nitrogen and oxygen atoms in total. The monoisotopic (exact) mass is 354 g/mol. The van der Waals surface area contributed by atoms with Crippen LogP contribution in [0.2, 0.25) is 0 Å². The van der Waals surface area contributed by atoms with Crippen molar-refractivity contribution in [3.63, 3.8) is 0 Å². The number of rotatable bonds is 4. The number of nitro groups is 1. The summed E-state index contributed by atoms with van der Waals surface area (Å²) in [5.74, 6) is 0. The van der Waals surface area contributed by atoms with Crippen LogP contribution in [0.4, 0.5) is 11.4 Å². The van der Waals surface area contributed by atoms with Gasteiger partial charge in [0.05, 0.1) is 4.92 Å². The molecule has 0 saturated heterocycles. The minimum Gasteiger partial charge on any atom is -0.380 e. The number of benzene rings is 2. The lowest BCUT2D eigenvalue weighted by atomic mass is 10.2. The first-order valence-electron chi connectivity index (χ1n) is 5.39. The summed E-state index contributed by atoms with van der Waals surface area (Å²) in [6.45, 7) is 0.442. The van der Waals surface area contributed by atoms with Gasteiger partial charge in [-0.25, -0.2) is 0 Å². The minimum atomic E-state index is -0.354. The van der Waals surface area contributed by atoms with Gasteiger partial charge in [-0.15, -0.1) is 0 Å². The van der Waals surface area contributed by atoms with E-state index in [4.69, 9.17) is 0 Å². The fourth-order valence-corrected chi connectivity index (χ4v) is 2.21. The van der Waals surface area contributed by atoms with Gasteiger partial charge >= 0.3 is 0 Å². The Morgan fingerprint density at radius 3 is 2.50 bits per heavy atom. The lowest BCUT2D eigenvalue weighted by molar-refractivity contribution is -0.385. The molecule has 5 heteroatoms. The molecule has 2 aromatic carbocycles. The lowest BCUT2D eigenvalue weighted by Gasteiger charge is -2.08. The Kier molecular flexibility index (Phi) is 4.14. The third-order valence-corrected chi connectivity index (χ3v) is 3.47. The predicted molar refractivity (Wildman–Crippen MR) is 79.6 cm³/mol. The second kappa shape index (κ2) is 5.81. The number of para-hydroxylation sites is 2. The Labute approximate surface area is 118 Å². The molecule has 0 saturated carbocycles. The zero-order valence-electron chi connectivity index (χ0n) is 9.47. The van der Waals surface area contributed by atoms with Crippen LogP contribution in [0.3, 0.4) is 0 Å². The van der Waals surface area contributed by atoms with Crippen LogP contribution in [0, 0.1) is 13.7 Å². The zero-order valence-corrected chi connectivity index (χ0v) is 11.6. The highest BCUT2D eigenvalue weighted by molar-refractivity contribution is 14.1. The fraction of sp³-hybridized carbons (Fsp3) is 0.0769. The maximum absolute atomic E-state index is 10.9. The molecule has 0 atom stereocenters.